The molecule has 3 atom stereocenters. The van der Waals surface area contributed by atoms with Crippen LogP contribution < -0.4 is 19.5 Å². The molecule has 2 aliphatic heterocycles. The van der Waals surface area contributed by atoms with Crippen molar-refractivity contribution in [2.45, 2.75) is 52.5 Å². The number of aliphatic carboxylic acids is 1. The molecule has 3 aromatic rings. The average Bonchev–Trinajstić information content (AvgIpc) is 3.58. The maximum Gasteiger partial charge on any atom is 0.309 e. The Morgan fingerprint density at radius 1 is 1.02 bits per heavy atom. The number of fused-ring (bicyclic) bond motifs is 1. The average molecular weight is 577 g/mol. The van der Waals surface area contributed by atoms with E-state index in [2.05, 4.69) is 17.4 Å². The normalized spacial score (nSPS) is 19.6. The monoisotopic (exact) mass is 576 g/mol. The van der Waals surface area contributed by atoms with Gasteiger partial charge in [-0.2, -0.15) is 0 Å². The molecule has 3 aromatic carbocycles. The molecule has 0 saturated carbocycles. The van der Waals surface area contributed by atoms with Crippen LogP contribution in [0.3, 0.4) is 0 Å². The molecule has 2 heterocycles. The first-order valence-corrected chi connectivity index (χ1v) is 14.4. The predicted octanol–water partition coefficient (Wildman–Crippen LogP) is 5.87. The minimum absolute atomic E-state index is 0.0939. The molecule has 1 saturated heterocycles. The van der Waals surface area contributed by atoms with Gasteiger partial charge in [-0.05, 0) is 61.6 Å². The van der Waals surface area contributed by atoms with Crippen molar-refractivity contribution < 1.29 is 33.3 Å². The number of nitrogens with zero attached hydrogens (tertiary/aromatic N) is 1. The Kier molecular flexibility index (Phi) is 8.68. The summed E-state index contributed by atoms with van der Waals surface area (Å²) in [5.74, 6) is -2.00. The molecule has 1 amide bonds. The van der Waals surface area contributed by atoms with Gasteiger partial charge in [-0.1, -0.05) is 43.7 Å². The number of anilines is 1. The molecule has 0 spiro atoms. The maximum absolute atomic E-state index is 15.6. The third-order valence-corrected chi connectivity index (χ3v) is 8.13. The van der Waals surface area contributed by atoms with Gasteiger partial charge in [-0.25, -0.2) is 4.39 Å². The highest BCUT2D eigenvalue weighted by Crippen LogP contribution is 2.48. The van der Waals surface area contributed by atoms with E-state index in [0.717, 1.165) is 40.8 Å². The fourth-order valence-corrected chi connectivity index (χ4v) is 6.27. The van der Waals surface area contributed by atoms with Gasteiger partial charge in [0.2, 0.25) is 12.7 Å². The van der Waals surface area contributed by atoms with Crippen molar-refractivity contribution in [2.24, 2.45) is 5.92 Å². The number of hydrogen-bond donors (Lipinski definition) is 2. The van der Waals surface area contributed by atoms with Crippen molar-refractivity contribution in [1.29, 1.82) is 0 Å². The Balaban J connectivity index is 1.52. The van der Waals surface area contributed by atoms with Gasteiger partial charge >= 0.3 is 5.97 Å². The van der Waals surface area contributed by atoms with Gasteiger partial charge in [0.05, 0.1) is 25.1 Å². The fraction of sp³-hybridized carbons (Fsp3) is 0.394. The second kappa shape index (κ2) is 12.4. The molecule has 0 radical (unpaired) electrons. The molecular weight excluding hydrogens is 539 g/mol. The zero-order valence-corrected chi connectivity index (χ0v) is 24.4. The molecule has 2 aliphatic rings. The highest BCUT2D eigenvalue weighted by molar-refractivity contribution is 5.94. The van der Waals surface area contributed by atoms with Crippen LogP contribution in [-0.2, 0) is 22.4 Å². The molecule has 5 rings (SSSR count). The van der Waals surface area contributed by atoms with Crippen LogP contribution in [0.25, 0.3) is 0 Å². The van der Waals surface area contributed by atoms with Crippen LogP contribution in [0.4, 0.5) is 10.1 Å². The van der Waals surface area contributed by atoms with Crippen molar-refractivity contribution in [3.63, 3.8) is 0 Å². The standard InChI is InChI=1S/C33H37FN2O6/c1-5-20-12-19(4)13-21(6-2)31(20)35-29(37)17-36-16-25(22-8-11-27-28(14-22)42-18-41-27)30(33(38)39)32(36)24-10-9-23(40-7-3)15-26(24)34/h8-15,25,30,32H,5-7,16-18H2,1-4H3,(H,35,37)(H,38,39)/t25-,30?,32+/m1/s1. The minimum Gasteiger partial charge on any atom is -0.494 e. The first kappa shape index (κ1) is 29.4. The number of nitrogens with one attached hydrogen (secondary N) is 1. The SMILES string of the molecule is CCOc1ccc([C@H]2C(C(=O)O)[C@@H](c3ccc4c(c3)OCO4)CN2CC(=O)Nc2c(CC)cc(C)cc2CC)c(F)c1. The first-order valence-electron chi connectivity index (χ1n) is 14.4. The summed E-state index contributed by atoms with van der Waals surface area (Å²) >= 11 is 0. The third-order valence-electron chi connectivity index (χ3n) is 8.13. The van der Waals surface area contributed by atoms with Gasteiger partial charge in [0, 0.05) is 29.8 Å². The number of ether oxygens (including phenoxy) is 3. The minimum atomic E-state index is -1.07. The van der Waals surface area contributed by atoms with Gasteiger partial charge in [0.15, 0.2) is 11.5 Å². The molecule has 42 heavy (non-hydrogen) atoms. The number of carbonyl (C=O) groups excluding carboxylic acids is 1. The molecule has 0 aromatic heterocycles. The van der Waals surface area contributed by atoms with Crippen LogP contribution in [0.15, 0.2) is 48.5 Å². The molecular formula is C33H37FN2O6. The van der Waals surface area contributed by atoms with Crippen molar-refractivity contribution in [3.05, 3.63) is 82.2 Å². The van der Waals surface area contributed by atoms with Gasteiger partial charge in [0.1, 0.15) is 11.6 Å². The summed E-state index contributed by atoms with van der Waals surface area (Å²) in [6, 6.07) is 13.1. The molecule has 9 heteroatoms. The van der Waals surface area contributed by atoms with Crippen molar-refractivity contribution in [2.75, 3.05) is 31.8 Å². The van der Waals surface area contributed by atoms with Crippen LogP contribution in [-0.4, -0.2) is 48.4 Å². The lowest BCUT2D eigenvalue weighted by Crippen LogP contribution is -2.36. The first-order chi connectivity index (χ1) is 20.2. The number of rotatable bonds is 10. The summed E-state index contributed by atoms with van der Waals surface area (Å²) < 4.78 is 32.1. The number of carboxylic acid groups (broad SMARTS) is 1. The number of amides is 1. The summed E-state index contributed by atoms with van der Waals surface area (Å²) in [5, 5.41) is 13.6. The third kappa shape index (κ3) is 5.79. The smallest absolute Gasteiger partial charge is 0.309 e. The second-order valence-electron chi connectivity index (χ2n) is 10.8. The zero-order chi connectivity index (χ0) is 30.0. The zero-order valence-electron chi connectivity index (χ0n) is 24.4. The number of carboxylic acids is 1. The van der Waals surface area contributed by atoms with Gasteiger partial charge in [-0.15, -0.1) is 0 Å². The van der Waals surface area contributed by atoms with Gasteiger partial charge < -0.3 is 24.6 Å². The second-order valence-corrected chi connectivity index (χ2v) is 10.8. The van der Waals surface area contributed by atoms with E-state index in [4.69, 9.17) is 14.2 Å². The largest absolute Gasteiger partial charge is 0.494 e. The Bertz CT molecular complexity index is 1470. The van der Waals surface area contributed by atoms with E-state index in [1.165, 1.54) is 6.07 Å². The van der Waals surface area contributed by atoms with Crippen LogP contribution in [0.5, 0.6) is 17.2 Å². The number of benzene rings is 3. The molecule has 0 bridgehead atoms. The van der Waals surface area contributed by atoms with Crippen LogP contribution >= 0.6 is 0 Å². The molecule has 222 valence electrons. The van der Waals surface area contributed by atoms with Crippen molar-refractivity contribution in [1.82, 2.24) is 4.90 Å². The van der Waals surface area contributed by atoms with E-state index in [9.17, 15) is 14.7 Å². The highest BCUT2D eigenvalue weighted by Gasteiger charge is 2.49. The van der Waals surface area contributed by atoms with Crippen LogP contribution in [0, 0.1) is 18.7 Å². The Morgan fingerprint density at radius 3 is 2.38 bits per heavy atom. The molecule has 0 aliphatic carbocycles. The lowest BCUT2D eigenvalue weighted by atomic mass is 9.82. The van der Waals surface area contributed by atoms with Crippen LogP contribution in [0.2, 0.25) is 0 Å². The summed E-state index contributed by atoms with van der Waals surface area (Å²) in [6.07, 6.45) is 1.50. The summed E-state index contributed by atoms with van der Waals surface area (Å²) in [6.45, 7) is 8.52. The highest BCUT2D eigenvalue weighted by atomic mass is 19.1. The lowest BCUT2D eigenvalue weighted by molar-refractivity contribution is -0.143. The topological polar surface area (TPSA) is 97.3 Å². The van der Waals surface area contributed by atoms with Crippen molar-refractivity contribution >= 4 is 17.6 Å². The Hall–Kier alpha value is -4.11. The fourth-order valence-electron chi connectivity index (χ4n) is 6.27. The Morgan fingerprint density at radius 2 is 1.74 bits per heavy atom. The van der Waals surface area contributed by atoms with E-state index in [1.807, 2.05) is 33.8 Å². The molecule has 1 unspecified atom stereocenters. The number of hydrogen-bond acceptors (Lipinski definition) is 6. The van der Waals surface area contributed by atoms with E-state index < -0.39 is 29.7 Å². The van der Waals surface area contributed by atoms with Crippen molar-refractivity contribution in [3.8, 4) is 17.2 Å². The quantitative estimate of drug-likeness (QED) is 0.312. The lowest BCUT2D eigenvalue weighted by Gasteiger charge is -2.27. The Labute approximate surface area is 245 Å². The molecule has 2 N–H and O–H groups in total. The maximum atomic E-state index is 15.6. The number of carbonyl (C=O) groups is 2. The van der Waals surface area contributed by atoms with E-state index >= 15 is 4.39 Å². The number of likely N-dealkylation sites (tertiary alicyclic amines) is 1. The summed E-state index contributed by atoms with van der Waals surface area (Å²) in [4.78, 5) is 28.3. The van der Waals surface area contributed by atoms with E-state index in [-0.39, 0.29) is 31.4 Å². The summed E-state index contributed by atoms with van der Waals surface area (Å²) in [7, 11) is 0. The van der Waals surface area contributed by atoms with Crippen LogP contribution in [0.1, 0.15) is 60.5 Å². The predicted molar refractivity (Wildman–Crippen MR) is 157 cm³/mol. The molecule has 8 nitrogen and oxygen atoms in total. The summed E-state index contributed by atoms with van der Waals surface area (Å²) in [5.41, 5.74) is 4.94. The van der Waals surface area contributed by atoms with E-state index in [0.29, 0.717) is 23.9 Å². The van der Waals surface area contributed by atoms with Gasteiger partial charge in [-0.3, -0.25) is 14.5 Å². The number of aryl methyl sites for hydroxylation is 3. The number of halogens is 1. The molecule has 1 fully saturated rings. The van der Waals surface area contributed by atoms with E-state index in [1.54, 1.807) is 29.2 Å². The van der Waals surface area contributed by atoms with Gasteiger partial charge in [0.25, 0.3) is 0 Å².